The van der Waals surface area contributed by atoms with Crippen molar-refractivity contribution in [3.05, 3.63) is 52.5 Å². The van der Waals surface area contributed by atoms with E-state index in [4.69, 9.17) is 16.3 Å². The first-order valence-electron chi connectivity index (χ1n) is 11.3. The standard InChI is InChI=1S/C24H28ClN3O4S/c1-33(30,31)28-10-2-3-17-15-19(5-7-22(17)28)32-14-13-27-11-8-24(9-12-27)20-16-18(25)4-6-21(20)26-23(24)29/h4-7,15-16H,2-3,8-14H2,1H3,(H,26,29). The Morgan fingerprint density at radius 2 is 1.91 bits per heavy atom. The molecule has 2 aromatic carbocycles. The number of carbonyl (C=O) groups is 1. The molecule has 1 amide bonds. The fraction of sp³-hybridized carbons (Fsp3) is 0.458. The van der Waals surface area contributed by atoms with E-state index in [1.807, 2.05) is 36.4 Å². The molecule has 0 saturated carbocycles. The largest absolute Gasteiger partial charge is 0.492 e. The molecule has 3 aliphatic heterocycles. The predicted molar refractivity (Wildman–Crippen MR) is 130 cm³/mol. The molecule has 0 aliphatic carbocycles. The molecule has 0 unspecified atom stereocenters. The van der Waals surface area contributed by atoms with Crippen LogP contribution in [-0.2, 0) is 26.7 Å². The molecule has 1 N–H and O–H groups in total. The highest BCUT2D eigenvalue weighted by atomic mass is 35.5. The number of halogens is 1. The summed E-state index contributed by atoms with van der Waals surface area (Å²) < 4.78 is 31.5. The number of amides is 1. The van der Waals surface area contributed by atoms with Crippen LogP contribution in [0.4, 0.5) is 11.4 Å². The van der Waals surface area contributed by atoms with E-state index in [1.165, 1.54) is 10.6 Å². The number of benzene rings is 2. The van der Waals surface area contributed by atoms with Crippen molar-refractivity contribution in [3.8, 4) is 5.75 Å². The molecule has 0 bridgehead atoms. The highest BCUT2D eigenvalue weighted by molar-refractivity contribution is 7.92. The summed E-state index contributed by atoms with van der Waals surface area (Å²) in [5.74, 6) is 0.837. The van der Waals surface area contributed by atoms with Crippen LogP contribution in [0.3, 0.4) is 0 Å². The van der Waals surface area contributed by atoms with Gasteiger partial charge in [0.25, 0.3) is 0 Å². The van der Waals surface area contributed by atoms with Crippen molar-refractivity contribution in [3.63, 3.8) is 0 Å². The summed E-state index contributed by atoms with van der Waals surface area (Å²) in [7, 11) is -3.27. The van der Waals surface area contributed by atoms with Crippen molar-refractivity contribution in [2.75, 3.05) is 48.7 Å². The summed E-state index contributed by atoms with van der Waals surface area (Å²) in [4.78, 5) is 15.1. The molecule has 33 heavy (non-hydrogen) atoms. The summed E-state index contributed by atoms with van der Waals surface area (Å²) in [6, 6.07) is 11.3. The van der Waals surface area contributed by atoms with Crippen LogP contribution in [-0.4, -0.2) is 58.3 Å². The molecule has 0 radical (unpaired) electrons. The topological polar surface area (TPSA) is 79.0 Å². The van der Waals surface area contributed by atoms with E-state index in [1.54, 1.807) is 0 Å². The van der Waals surface area contributed by atoms with Gasteiger partial charge >= 0.3 is 0 Å². The van der Waals surface area contributed by atoms with Gasteiger partial charge < -0.3 is 10.1 Å². The van der Waals surface area contributed by atoms with Crippen LogP contribution >= 0.6 is 11.6 Å². The van der Waals surface area contributed by atoms with E-state index in [9.17, 15) is 13.2 Å². The van der Waals surface area contributed by atoms with Gasteiger partial charge in [-0.1, -0.05) is 11.6 Å². The maximum Gasteiger partial charge on any atom is 0.235 e. The van der Waals surface area contributed by atoms with Gasteiger partial charge in [-0.3, -0.25) is 14.0 Å². The number of likely N-dealkylation sites (tertiary alicyclic amines) is 1. The lowest BCUT2D eigenvalue weighted by atomic mass is 9.73. The number of anilines is 2. The summed E-state index contributed by atoms with van der Waals surface area (Å²) in [6.07, 6.45) is 4.41. The van der Waals surface area contributed by atoms with E-state index < -0.39 is 15.4 Å². The van der Waals surface area contributed by atoms with Gasteiger partial charge in [0.15, 0.2) is 0 Å². The van der Waals surface area contributed by atoms with Crippen molar-refractivity contribution >= 4 is 38.9 Å². The smallest absolute Gasteiger partial charge is 0.235 e. The molecular formula is C24H28ClN3O4S. The lowest BCUT2D eigenvalue weighted by Gasteiger charge is -2.38. The first-order chi connectivity index (χ1) is 15.8. The number of sulfonamides is 1. The van der Waals surface area contributed by atoms with Crippen molar-refractivity contribution in [1.82, 2.24) is 4.90 Å². The number of piperidine rings is 1. The Labute approximate surface area is 199 Å². The van der Waals surface area contributed by atoms with E-state index >= 15 is 0 Å². The molecule has 1 fully saturated rings. The van der Waals surface area contributed by atoms with E-state index in [-0.39, 0.29) is 5.91 Å². The maximum absolute atomic E-state index is 12.8. The number of fused-ring (bicyclic) bond motifs is 3. The van der Waals surface area contributed by atoms with Crippen molar-refractivity contribution in [2.24, 2.45) is 0 Å². The van der Waals surface area contributed by atoms with Crippen molar-refractivity contribution in [1.29, 1.82) is 0 Å². The van der Waals surface area contributed by atoms with Crippen LogP contribution in [0, 0.1) is 0 Å². The lowest BCUT2D eigenvalue weighted by Crippen LogP contribution is -2.47. The minimum atomic E-state index is -3.27. The minimum Gasteiger partial charge on any atom is -0.492 e. The van der Waals surface area contributed by atoms with Gasteiger partial charge in [0.05, 0.1) is 17.4 Å². The van der Waals surface area contributed by atoms with Gasteiger partial charge in [0.2, 0.25) is 15.9 Å². The average Bonchev–Trinajstić information content (AvgIpc) is 3.04. The second kappa shape index (κ2) is 8.49. The maximum atomic E-state index is 12.8. The number of carbonyl (C=O) groups excluding carboxylic acids is 1. The quantitative estimate of drug-likeness (QED) is 0.696. The van der Waals surface area contributed by atoms with Gasteiger partial charge in [-0.05, 0) is 86.3 Å². The van der Waals surface area contributed by atoms with Gasteiger partial charge in [-0.15, -0.1) is 0 Å². The number of hydrogen-bond acceptors (Lipinski definition) is 5. The fourth-order valence-corrected chi connectivity index (χ4v) is 6.47. The third-order valence-corrected chi connectivity index (χ3v) is 8.51. The molecule has 176 valence electrons. The molecule has 2 aromatic rings. The zero-order valence-corrected chi connectivity index (χ0v) is 20.2. The molecule has 0 atom stereocenters. The van der Waals surface area contributed by atoms with Gasteiger partial charge in [-0.2, -0.15) is 0 Å². The zero-order chi connectivity index (χ0) is 23.2. The highest BCUT2D eigenvalue weighted by Crippen LogP contribution is 2.45. The van der Waals surface area contributed by atoms with Gasteiger partial charge in [0.1, 0.15) is 12.4 Å². The van der Waals surface area contributed by atoms with Gasteiger partial charge in [-0.25, -0.2) is 8.42 Å². The molecule has 7 nitrogen and oxygen atoms in total. The zero-order valence-electron chi connectivity index (χ0n) is 18.6. The minimum absolute atomic E-state index is 0.0767. The molecule has 5 rings (SSSR count). The van der Waals surface area contributed by atoms with Crippen LogP contribution in [0.2, 0.25) is 5.02 Å². The Morgan fingerprint density at radius 3 is 2.67 bits per heavy atom. The number of nitrogens with one attached hydrogen (secondary N) is 1. The molecule has 0 aromatic heterocycles. The number of hydrogen-bond donors (Lipinski definition) is 1. The van der Waals surface area contributed by atoms with Crippen LogP contribution in [0.25, 0.3) is 0 Å². The van der Waals surface area contributed by atoms with Crippen LogP contribution in [0.15, 0.2) is 36.4 Å². The number of nitrogens with zero attached hydrogens (tertiary/aromatic N) is 2. The third-order valence-electron chi connectivity index (χ3n) is 7.09. The molecule has 1 spiro atoms. The summed E-state index contributed by atoms with van der Waals surface area (Å²) in [6.45, 7) is 3.46. The number of ether oxygens (including phenoxy) is 1. The van der Waals surface area contributed by atoms with Crippen LogP contribution < -0.4 is 14.4 Å². The number of rotatable bonds is 5. The van der Waals surface area contributed by atoms with E-state index in [0.29, 0.717) is 18.2 Å². The monoisotopic (exact) mass is 489 g/mol. The molecule has 1 saturated heterocycles. The first-order valence-corrected chi connectivity index (χ1v) is 13.6. The Balaban J connectivity index is 1.18. The average molecular weight is 490 g/mol. The Bertz CT molecular complexity index is 1190. The van der Waals surface area contributed by atoms with Crippen molar-refractivity contribution < 1.29 is 17.9 Å². The van der Waals surface area contributed by atoms with E-state index in [2.05, 4.69) is 10.2 Å². The highest BCUT2D eigenvalue weighted by Gasteiger charge is 2.48. The SMILES string of the molecule is CS(=O)(=O)N1CCCc2cc(OCCN3CCC4(CC3)C(=O)Nc3ccc(Cl)cc34)ccc21. The Kier molecular flexibility index (Phi) is 5.79. The second-order valence-corrected chi connectivity index (χ2v) is 11.5. The Hall–Kier alpha value is -2.29. The first kappa shape index (κ1) is 22.5. The third kappa shape index (κ3) is 4.20. The van der Waals surface area contributed by atoms with Crippen LogP contribution in [0.5, 0.6) is 5.75 Å². The lowest BCUT2D eigenvalue weighted by molar-refractivity contribution is -0.122. The van der Waals surface area contributed by atoms with Gasteiger partial charge in [0, 0.05) is 23.8 Å². The van der Waals surface area contributed by atoms with Crippen molar-refractivity contribution in [2.45, 2.75) is 31.1 Å². The summed E-state index contributed by atoms with van der Waals surface area (Å²) in [5.41, 5.74) is 3.18. The molecule has 3 aliphatic rings. The van der Waals surface area contributed by atoms with Crippen LogP contribution in [0.1, 0.15) is 30.4 Å². The molecule has 9 heteroatoms. The normalized spacial score (nSPS) is 19.8. The summed E-state index contributed by atoms with van der Waals surface area (Å²) >= 11 is 6.20. The molecule has 3 heterocycles. The molecular weight excluding hydrogens is 462 g/mol. The second-order valence-electron chi connectivity index (χ2n) is 9.15. The number of aryl methyl sites for hydroxylation is 1. The summed E-state index contributed by atoms with van der Waals surface area (Å²) in [5, 5.41) is 3.68. The Morgan fingerprint density at radius 1 is 1.12 bits per heavy atom. The van der Waals surface area contributed by atoms with E-state index in [0.717, 1.165) is 73.6 Å². The predicted octanol–water partition coefficient (Wildman–Crippen LogP) is 3.42. The fourth-order valence-electron chi connectivity index (χ4n) is 5.31.